The van der Waals surface area contributed by atoms with E-state index in [2.05, 4.69) is 11.9 Å². The summed E-state index contributed by atoms with van der Waals surface area (Å²) in [6.45, 7) is 2.99. The van der Waals surface area contributed by atoms with Crippen molar-refractivity contribution in [1.82, 2.24) is 14.8 Å². The highest BCUT2D eigenvalue weighted by Gasteiger charge is 2.62. The van der Waals surface area contributed by atoms with Crippen LogP contribution in [0.2, 0.25) is 15.2 Å². The number of anilines is 1. The average Bonchev–Trinajstić information content (AvgIpc) is 2.89. The van der Waals surface area contributed by atoms with Crippen molar-refractivity contribution in [2.45, 2.75) is 44.4 Å². The van der Waals surface area contributed by atoms with Gasteiger partial charge in [0.25, 0.3) is 17.4 Å². The summed E-state index contributed by atoms with van der Waals surface area (Å²) in [5, 5.41) is 10.6. The molecule has 0 spiro atoms. The van der Waals surface area contributed by atoms with Crippen LogP contribution in [-0.2, 0) is 10.4 Å². The van der Waals surface area contributed by atoms with Gasteiger partial charge >= 0.3 is 6.18 Å². The van der Waals surface area contributed by atoms with Gasteiger partial charge in [0.1, 0.15) is 11.0 Å². The van der Waals surface area contributed by atoms with E-state index in [1.165, 1.54) is 11.0 Å². The van der Waals surface area contributed by atoms with Crippen molar-refractivity contribution < 1.29 is 27.9 Å². The zero-order chi connectivity index (χ0) is 30.7. The van der Waals surface area contributed by atoms with Crippen LogP contribution in [0.15, 0.2) is 30.3 Å². The molecule has 1 aliphatic rings. The summed E-state index contributed by atoms with van der Waals surface area (Å²) in [7, 11) is 5.17. The third-order valence-electron chi connectivity index (χ3n) is 7.46. The van der Waals surface area contributed by atoms with Crippen LogP contribution >= 0.6 is 34.8 Å². The molecule has 2 heterocycles. The Hall–Kier alpha value is -2.27. The summed E-state index contributed by atoms with van der Waals surface area (Å²) in [5.41, 5.74) is -4.12. The Bertz CT molecular complexity index is 1240. The number of benzene rings is 1. The second-order valence-electron chi connectivity index (χ2n) is 10.9. The van der Waals surface area contributed by atoms with E-state index in [4.69, 9.17) is 34.8 Å². The summed E-state index contributed by atoms with van der Waals surface area (Å²) >= 11 is 18.0. The van der Waals surface area contributed by atoms with E-state index in [9.17, 15) is 27.9 Å². The van der Waals surface area contributed by atoms with Gasteiger partial charge in [0.05, 0.1) is 5.56 Å². The van der Waals surface area contributed by atoms with Crippen molar-refractivity contribution in [1.29, 1.82) is 0 Å². The normalized spacial score (nSPS) is 16.7. The van der Waals surface area contributed by atoms with E-state index in [-0.39, 0.29) is 40.1 Å². The van der Waals surface area contributed by atoms with Gasteiger partial charge in [-0.1, -0.05) is 41.7 Å². The molecule has 41 heavy (non-hydrogen) atoms. The van der Waals surface area contributed by atoms with E-state index in [1.807, 2.05) is 11.9 Å². The minimum absolute atomic E-state index is 0.100. The lowest BCUT2D eigenvalue weighted by atomic mass is 9.85. The molecule has 0 bridgehead atoms. The van der Waals surface area contributed by atoms with Crippen LogP contribution in [0.4, 0.5) is 19.0 Å². The number of carbonyl (C=O) groups excluding carboxylic acids is 2. The van der Waals surface area contributed by atoms with Crippen LogP contribution < -0.4 is 4.90 Å². The van der Waals surface area contributed by atoms with E-state index in [0.717, 1.165) is 29.9 Å². The molecule has 13 heteroatoms. The number of aromatic nitrogens is 1. The zero-order valence-electron chi connectivity index (χ0n) is 23.3. The van der Waals surface area contributed by atoms with Crippen molar-refractivity contribution in [2.75, 3.05) is 45.7 Å². The summed E-state index contributed by atoms with van der Waals surface area (Å²) in [5.74, 6) is -0.489. The van der Waals surface area contributed by atoms with Crippen molar-refractivity contribution in [3.8, 4) is 0 Å². The van der Waals surface area contributed by atoms with Gasteiger partial charge in [-0.15, -0.1) is 0 Å². The molecule has 2 unspecified atom stereocenters. The molecule has 0 aliphatic carbocycles. The fraction of sp³-hybridized carbons (Fsp3) is 0.536. The molecule has 2 aromatic rings. The highest BCUT2D eigenvalue weighted by atomic mass is 35.5. The van der Waals surface area contributed by atoms with E-state index in [1.54, 1.807) is 26.2 Å². The number of amides is 2. The molecule has 1 N–H and O–H groups in total. The number of likely N-dealkylation sites (tertiary alicyclic amines) is 1. The minimum atomic E-state index is -5.27. The number of piperidine rings is 1. The molecule has 1 fully saturated rings. The van der Waals surface area contributed by atoms with Crippen LogP contribution in [-0.4, -0.2) is 78.7 Å². The number of carbonyl (C=O) groups is 2. The quantitative estimate of drug-likeness (QED) is 0.328. The number of rotatable bonds is 9. The Labute approximate surface area is 253 Å². The lowest BCUT2D eigenvalue weighted by Crippen LogP contribution is -2.57. The molecule has 2 amide bonds. The van der Waals surface area contributed by atoms with Gasteiger partial charge < -0.3 is 19.8 Å². The average molecular weight is 638 g/mol. The van der Waals surface area contributed by atoms with Gasteiger partial charge in [-0.25, -0.2) is 4.98 Å². The van der Waals surface area contributed by atoms with Crippen LogP contribution in [0.25, 0.3) is 0 Å². The Balaban J connectivity index is 1.55. The number of hydrogen-bond acceptors (Lipinski definition) is 5. The number of nitrogens with zero attached hydrogens (tertiary/aromatic N) is 4. The fourth-order valence-electron chi connectivity index (χ4n) is 5.02. The molecule has 1 aromatic carbocycles. The second kappa shape index (κ2) is 13.4. The molecule has 1 aromatic heterocycles. The standard InChI is InChI=1S/C28H34Cl3F3N4O3/c1-17(7-10-37(4)23-6-5-22(24(31)35-23)25(39)36(2)3)13-18-8-11-38(12-9-18)26(40)27(41,28(32,33)34)19-14-20(29)16-21(30)15-19/h5-6,14-18,41H,7-13H2,1-4H3. The maximum atomic E-state index is 14.1. The van der Waals surface area contributed by atoms with Crippen molar-refractivity contribution in [3.05, 3.63) is 56.7 Å². The first kappa shape index (κ1) is 33.2. The summed E-state index contributed by atoms with van der Waals surface area (Å²) in [6, 6.07) is 6.45. The lowest BCUT2D eigenvalue weighted by Gasteiger charge is -2.39. The van der Waals surface area contributed by atoms with Gasteiger partial charge in [-0.05, 0) is 67.9 Å². The second-order valence-corrected chi connectivity index (χ2v) is 12.1. The number of aliphatic hydroxyl groups is 1. The topological polar surface area (TPSA) is 77.0 Å². The molecule has 7 nitrogen and oxygen atoms in total. The van der Waals surface area contributed by atoms with E-state index >= 15 is 0 Å². The number of alkyl halides is 3. The first-order valence-electron chi connectivity index (χ1n) is 13.2. The van der Waals surface area contributed by atoms with Crippen LogP contribution in [0, 0.1) is 11.8 Å². The summed E-state index contributed by atoms with van der Waals surface area (Å²) in [6.07, 6.45) is -2.55. The fourth-order valence-corrected chi connectivity index (χ4v) is 5.78. The maximum absolute atomic E-state index is 14.1. The first-order chi connectivity index (χ1) is 19.0. The molecule has 226 valence electrons. The number of pyridine rings is 1. The van der Waals surface area contributed by atoms with Gasteiger partial charge in [0.15, 0.2) is 0 Å². The Morgan fingerprint density at radius 3 is 2.17 bits per heavy atom. The monoisotopic (exact) mass is 636 g/mol. The molecule has 0 radical (unpaired) electrons. The molecular formula is C28H34Cl3F3N4O3. The largest absolute Gasteiger partial charge is 0.430 e. The Morgan fingerprint density at radius 2 is 1.66 bits per heavy atom. The summed E-state index contributed by atoms with van der Waals surface area (Å²) in [4.78, 5) is 34.1. The third kappa shape index (κ3) is 7.77. The summed E-state index contributed by atoms with van der Waals surface area (Å²) < 4.78 is 42.2. The predicted molar refractivity (Wildman–Crippen MR) is 155 cm³/mol. The first-order valence-corrected chi connectivity index (χ1v) is 14.3. The van der Waals surface area contributed by atoms with Crippen LogP contribution in [0.5, 0.6) is 0 Å². The maximum Gasteiger partial charge on any atom is 0.430 e. The van der Waals surface area contributed by atoms with Crippen molar-refractivity contribution >= 4 is 52.4 Å². The van der Waals surface area contributed by atoms with Crippen molar-refractivity contribution in [2.24, 2.45) is 11.8 Å². The molecule has 0 saturated carbocycles. The van der Waals surface area contributed by atoms with Crippen molar-refractivity contribution in [3.63, 3.8) is 0 Å². The van der Waals surface area contributed by atoms with Crippen LogP contribution in [0.1, 0.15) is 48.5 Å². The SMILES string of the molecule is CC(CCN(C)c1ccc(C(=O)N(C)C)c(Cl)n1)CC1CCN(C(=O)C(O)(c2cc(Cl)cc(Cl)c2)C(F)(F)F)CC1. The Kier molecular flexibility index (Phi) is 10.8. The van der Waals surface area contributed by atoms with Gasteiger partial charge in [-0.3, -0.25) is 9.59 Å². The highest BCUT2D eigenvalue weighted by molar-refractivity contribution is 6.34. The van der Waals surface area contributed by atoms with Gasteiger partial charge in [-0.2, -0.15) is 13.2 Å². The number of halogens is 6. The highest BCUT2D eigenvalue weighted by Crippen LogP contribution is 2.43. The number of hydrogen-bond donors (Lipinski definition) is 1. The van der Waals surface area contributed by atoms with E-state index < -0.39 is 23.2 Å². The molecule has 2 atom stereocenters. The predicted octanol–water partition coefficient (Wildman–Crippen LogP) is 6.28. The Morgan fingerprint density at radius 1 is 1.07 bits per heavy atom. The van der Waals surface area contributed by atoms with Crippen LogP contribution in [0.3, 0.4) is 0 Å². The third-order valence-corrected chi connectivity index (χ3v) is 8.18. The van der Waals surface area contributed by atoms with Gasteiger partial charge in [0, 0.05) is 56.4 Å². The molecule has 1 saturated heterocycles. The lowest BCUT2D eigenvalue weighted by molar-refractivity contribution is -0.262. The van der Waals surface area contributed by atoms with E-state index in [0.29, 0.717) is 36.7 Å². The smallest absolute Gasteiger partial charge is 0.368 e. The zero-order valence-corrected chi connectivity index (χ0v) is 25.6. The minimum Gasteiger partial charge on any atom is -0.368 e. The van der Waals surface area contributed by atoms with Gasteiger partial charge in [0.2, 0.25) is 0 Å². The molecule has 1 aliphatic heterocycles. The molecular weight excluding hydrogens is 604 g/mol. The molecule has 3 rings (SSSR count).